The number of piperazine rings is 1. The fourth-order valence-electron chi connectivity index (χ4n) is 3.15. The summed E-state index contributed by atoms with van der Waals surface area (Å²) in [6.45, 7) is 4.43. The van der Waals surface area contributed by atoms with Crippen LogP contribution in [0.3, 0.4) is 0 Å². The Hall–Kier alpha value is -2.71. The molecule has 27 heavy (non-hydrogen) atoms. The van der Waals surface area contributed by atoms with E-state index in [9.17, 15) is 4.79 Å². The van der Waals surface area contributed by atoms with Crippen LogP contribution in [0.5, 0.6) is 0 Å². The van der Waals surface area contributed by atoms with E-state index in [2.05, 4.69) is 34.1 Å². The molecule has 0 radical (unpaired) electrons. The van der Waals surface area contributed by atoms with Gasteiger partial charge in [-0.25, -0.2) is 4.98 Å². The monoisotopic (exact) mass is 382 g/mol. The molecule has 1 aliphatic rings. The summed E-state index contributed by atoms with van der Waals surface area (Å²) in [4.78, 5) is 21.7. The zero-order chi connectivity index (χ0) is 18.8. The molecule has 140 valence electrons. The third-order valence-electron chi connectivity index (χ3n) is 4.71. The molecular formula is C19H22N6OS. The van der Waals surface area contributed by atoms with E-state index in [0.717, 1.165) is 36.9 Å². The average molecular weight is 382 g/mol. The highest BCUT2D eigenvalue weighted by molar-refractivity contribution is 7.18. The Labute approximate surface area is 162 Å². The number of carbonyl (C=O) groups excluding carboxylic acids is 1. The molecule has 0 unspecified atom stereocenters. The van der Waals surface area contributed by atoms with E-state index in [1.807, 2.05) is 29.1 Å². The summed E-state index contributed by atoms with van der Waals surface area (Å²) >= 11 is 1.37. The Bertz CT molecular complexity index is 927. The largest absolute Gasteiger partial charge is 0.365 e. The predicted molar refractivity (Wildman–Crippen MR) is 107 cm³/mol. The molecule has 0 saturated carbocycles. The lowest BCUT2D eigenvalue weighted by Crippen LogP contribution is -2.44. The number of nitrogens with zero attached hydrogens (tertiary/aromatic N) is 5. The van der Waals surface area contributed by atoms with Crippen LogP contribution in [0, 0.1) is 0 Å². The van der Waals surface area contributed by atoms with Gasteiger partial charge in [-0.2, -0.15) is 5.10 Å². The summed E-state index contributed by atoms with van der Waals surface area (Å²) in [5.74, 6) is -0.446. The minimum atomic E-state index is -0.446. The standard InChI is InChI=1S/C19H22N6OS/c1-23-7-9-24(10-8-23)19-22-16(17(27-19)18(20)26)15-11-21-25(13-15)12-14-5-3-2-4-6-14/h2-6,11,13H,7-10,12H2,1H3,(H2,20,26). The summed E-state index contributed by atoms with van der Waals surface area (Å²) in [6.07, 6.45) is 3.67. The van der Waals surface area contributed by atoms with Crippen LogP contribution >= 0.6 is 11.3 Å². The van der Waals surface area contributed by atoms with Crippen molar-refractivity contribution in [2.24, 2.45) is 5.73 Å². The van der Waals surface area contributed by atoms with E-state index < -0.39 is 5.91 Å². The molecule has 3 heterocycles. The number of aromatic nitrogens is 3. The summed E-state index contributed by atoms with van der Waals surface area (Å²) in [6, 6.07) is 10.1. The number of amides is 1. The maximum absolute atomic E-state index is 12.0. The van der Waals surface area contributed by atoms with Gasteiger partial charge in [-0.15, -0.1) is 0 Å². The minimum Gasteiger partial charge on any atom is -0.365 e. The predicted octanol–water partition coefficient (Wildman–Crippen LogP) is 1.91. The van der Waals surface area contributed by atoms with Crippen LogP contribution in [0.15, 0.2) is 42.7 Å². The average Bonchev–Trinajstić information content (AvgIpc) is 3.30. The lowest BCUT2D eigenvalue weighted by atomic mass is 10.2. The Morgan fingerprint density at radius 1 is 1.19 bits per heavy atom. The second kappa shape index (κ2) is 7.50. The number of carbonyl (C=O) groups is 1. The highest BCUT2D eigenvalue weighted by Gasteiger charge is 2.23. The SMILES string of the molecule is CN1CCN(c2nc(-c3cnn(Cc4ccccc4)c3)c(C(N)=O)s2)CC1. The summed E-state index contributed by atoms with van der Waals surface area (Å²) < 4.78 is 1.85. The van der Waals surface area contributed by atoms with Gasteiger partial charge in [0.05, 0.1) is 18.4 Å². The smallest absolute Gasteiger partial charge is 0.261 e. The van der Waals surface area contributed by atoms with Crippen LogP contribution < -0.4 is 10.6 Å². The normalized spacial score (nSPS) is 15.2. The van der Waals surface area contributed by atoms with Gasteiger partial charge in [0.25, 0.3) is 5.91 Å². The molecule has 2 aromatic heterocycles. The van der Waals surface area contributed by atoms with Crippen molar-refractivity contribution < 1.29 is 4.79 Å². The van der Waals surface area contributed by atoms with Gasteiger partial charge in [0.2, 0.25) is 0 Å². The van der Waals surface area contributed by atoms with E-state index in [-0.39, 0.29) is 0 Å². The quantitative estimate of drug-likeness (QED) is 0.729. The number of likely N-dealkylation sites (N-methyl/N-ethyl adjacent to an activating group) is 1. The zero-order valence-electron chi connectivity index (χ0n) is 15.2. The molecule has 1 saturated heterocycles. The van der Waals surface area contributed by atoms with Gasteiger partial charge in [0.15, 0.2) is 5.13 Å². The first-order chi connectivity index (χ1) is 13.1. The minimum absolute atomic E-state index is 0.446. The van der Waals surface area contributed by atoms with Crippen molar-refractivity contribution in [1.29, 1.82) is 0 Å². The lowest BCUT2D eigenvalue weighted by molar-refractivity contribution is 0.100. The molecule has 8 heteroatoms. The molecule has 1 aliphatic heterocycles. The molecular weight excluding hydrogens is 360 g/mol. The maximum atomic E-state index is 12.0. The highest BCUT2D eigenvalue weighted by atomic mass is 32.1. The Kier molecular flexibility index (Phi) is 4.91. The molecule has 0 aliphatic carbocycles. The number of thiazole rings is 1. The van der Waals surface area contributed by atoms with Crippen molar-refractivity contribution >= 4 is 22.4 Å². The molecule has 4 rings (SSSR count). The van der Waals surface area contributed by atoms with E-state index in [1.54, 1.807) is 6.20 Å². The summed E-state index contributed by atoms with van der Waals surface area (Å²) in [5.41, 5.74) is 8.23. The molecule has 1 aromatic carbocycles. The fraction of sp³-hybridized carbons (Fsp3) is 0.316. The second-order valence-electron chi connectivity index (χ2n) is 6.74. The molecule has 2 N–H and O–H groups in total. The van der Waals surface area contributed by atoms with Crippen molar-refractivity contribution in [3.63, 3.8) is 0 Å². The van der Waals surface area contributed by atoms with Gasteiger partial charge in [0.1, 0.15) is 4.88 Å². The van der Waals surface area contributed by atoms with Crippen LogP contribution in [-0.4, -0.2) is 58.8 Å². The van der Waals surface area contributed by atoms with Gasteiger partial charge in [-0.1, -0.05) is 41.7 Å². The number of hydrogen-bond donors (Lipinski definition) is 1. The number of benzene rings is 1. The Balaban J connectivity index is 1.60. The highest BCUT2D eigenvalue weighted by Crippen LogP contribution is 2.33. The first-order valence-corrected chi connectivity index (χ1v) is 9.72. The molecule has 7 nitrogen and oxygen atoms in total. The van der Waals surface area contributed by atoms with Gasteiger partial charge >= 0.3 is 0 Å². The van der Waals surface area contributed by atoms with Gasteiger partial charge in [-0.05, 0) is 12.6 Å². The Morgan fingerprint density at radius 3 is 2.63 bits per heavy atom. The van der Waals surface area contributed by atoms with Crippen molar-refractivity contribution in [2.45, 2.75) is 6.54 Å². The van der Waals surface area contributed by atoms with Crippen LogP contribution in [0.25, 0.3) is 11.3 Å². The second-order valence-corrected chi connectivity index (χ2v) is 7.72. The molecule has 1 amide bonds. The number of nitrogens with two attached hydrogens (primary N) is 1. The van der Waals surface area contributed by atoms with E-state index >= 15 is 0 Å². The van der Waals surface area contributed by atoms with Crippen LogP contribution in [0.4, 0.5) is 5.13 Å². The molecule has 1 fully saturated rings. The van der Waals surface area contributed by atoms with E-state index in [4.69, 9.17) is 10.7 Å². The third-order valence-corrected chi connectivity index (χ3v) is 5.84. The van der Waals surface area contributed by atoms with Gasteiger partial charge < -0.3 is 15.5 Å². The van der Waals surface area contributed by atoms with Gasteiger partial charge in [-0.3, -0.25) is 9.48 Å². The van der Waals surface area contributed by atoms with E-state index in [1.165, 1.54) is 16.9 Å². The maximum Gasteiger partial charge on any atom is 0.261 e. The van der Waals surface area contributed by atoms with Crippen molar-refractivity contribution in [1.82, 2.24) is 19.7 Å². The fourth-order valence-corrected chi connectivity index (χ4v) is 4.14. The molecule has 0 bridgehead atoms. The van der Waals surface area contributed by atoms with E-state index in [0.29, 0.717) is 17.1 Å². The topological polar surface area (TPSA) is 80.3 Å². The summed E-state index contributed by atoms with van der Waals surface area (Å²) in [7, 11) is 2.11. The summed E-state index contributed by atoms with van der Waals surface area (Å²) in [5, 5.41) is 5.28. The molecule has 0 spiro atoms. The lowest BCUT2D eigenvalue weighted by Gasteiger charge is -2.32. The first-order valence-electron chi connectivity index (χ1n) is 8.91. The van der Waals surface area contributed by atoms with Crippen molar-refractivity contribution in [2.75, 3.05) is 38.1 Å². The van der Waals surface area contributed by atoms with Crippen molar-refractivity contribution in [3.05, 3.63) is 53.2 Å². The van der Waals surface area contributed by atoms with Gasteiger partial charge in [0, 0.05) is 37.9 Å². The number of primary amides is 1. The Morgan fingerprint density at radius 2 is 1.93 bits per heavy atom. The molecule has 0 atom stereocenters. The van der Waals surface area contributed by atoms with Crippen molar-refractivity contribution in [3.8, 4) is 11.3 Å². The van der Waals surface area contributed by atoms with Crippen LogP contribution in [0.2, 0.25) is 0 Å². The van der Waals surface area contributed by atoms with Crippen LogP contribution in [0.1, 0.15) is 15.2 Å². The van der Waals surface area contributed by atoms with Crippen LogP contribution in [-0.2, 0) is 6.54 Å². The third kappa shape index (κ3) is 3.86. The first kappa shape index (κ1) is 17.7. The zero-order valence-corrected chi connectivity index (χ0v) is 16.0. The molecule has 3 aromatic rings. The number of anilines is 1. The number of hydrogen-bond acceptors (Lipinski definition) is 6. The number of rotatable bonds is 5.